The van der Waals surface area contributed by atoms with Crippen LogP contribution in [0.1, 0.15) is 0 Å². The van der Waals surface area contributed by atoms with Gasteiger partial charge in [0.15, 0.2) is 5.76 Å². The third-order valence-electron chi connectivity index (χ3n) is 2.83. The summed E-state index contributed by atoms with van der Waals surface area (Å²) < 4.78 is 30.8. The zero-order chi connectivity index (χ0) is 15.6. The van der Waals surface area contributed by atoms with Crippen LogP contribution in [0.3, 0.4) is 0 Å². The first-order valence-electron chi connectivity index (χ1n) is 6.50. The molecule has 0 spiro atoms. The van der Waals surface area contributed by atoms with E-state index in [1.54, 1.807) is 23.7 Å². The monoisotopic (exact) mass is 338 g/mol. The Balaban J connectivity index is 1.82. The largest absolute Gasteiger partial charge is 0.463 e. The van der Waals surface area contributed by atoms with Crippen molar-refractivity contribution in [1.82, 2.24) is 14.7 Å². The molecule has 3 aromatic rings. The molecule has 0 radical (unpaired) electrons. The second kappa shape index (κ2) is 6.03. The Kier molecular flexibility index (Phi) is 4.10. The summed E-state index contributed by atoms with van der Waals surface area (Å²) in [7, 11) is -3.19. The van der Waals surface area contributed by atoms with Crippen LogP contribution in [-0.4, -0.2) is 37.7 Å². The number of rotatable bonds is 6. The van der Waals surface area contributed by atoms with Gasteiger partial charge in [-0.05, 0) is 23.6 Å². The Labute approximate surface area is 131 Å². The van der Waals surface area contributed by atoms with Crippen LogP contribution in [0.15, 0.2) is 34.3 Å². The number of anilines is 1. The summed E-state index contributed by atoms with van der Waals surface area (Å²) in [6, 6.07) is 5.56. The molecule has 0 saturated heterocycles. The molecular weight excluding hydrogens is 324 g/mol. The van der Waals surface area contributed by atoms with E-state index in [9.17, 15) is 8.42 Å². The highest BCUT2D eigenvalue weighted by atomic mass is 32.2. The molecular formula is C13H14N4O3S2. The number of hydrogen-bond donors (Lipinski definition) is 2. The predicted octanol–water partition coefficient (Wildman–Crippen LogP) is 1.91. The third kappa shape index (κ3) is 3.43. The quantitative estimate of drug-likeness (QED) is 0.666. The maximum atomic E-state index is 11.0. The zero-order valence-corrected chi connectivity index (χ0v) is 13.4. The SMILES string of the molecule is CS(=O)(=O)NCCNc1nc(-c2ccco2)c2sccc2n1. The summed E-state index contributed by atoms with van der Waals surface area (Å²) in [5.41, 5.74) is 1.55. The van der Waals surface area contributed by atoms with Crippen LogP contribution in [0.5, 0.6) is 0 Å². The van der Waals surface area contributed by atoms with Crippen molar-refractivity contribution in [2.75, 3.05) is 24.7 Å². The van der Waals surface area contributed by atoms with Gasteiger partial charge >= 0.3 is 0 Å². The number of thiophene rings is 1. The van der Waals surface area contributed by atoms with E-state index >= 15 is 0 Å². The van der Waals surface area contributed by atoms with Crippen molar-refractivity contribution in [3.05, 3.63) is 29.8 Å². The van der Waals surface area contributed by atoms with Gasteiger partial charge in [-0.2, -0.15) is 0 Å². The minimum atomic E-state index is -3.19. The molecule has 7 nitrogen and oxygen atoms in total. The molecule has 3 rings (SSSR count). The Morgan fingerprint density at radius 3 is 2.86 bits per heavy atom. The van der Waals surface area contributed by atoms with Crippen LogP contribution in [0.2, 0.25) is 0 Å². The average Bonchev–Trinajstić information content (AvgIpc) is 3.12. The molecule has 22 heavy (non-hydrogen) atoms. The van der Waals surface area contributed by atoms with Crippen molar-refractivity contribution in [3.8, 4) is 11.5 Å². The molecule has 0 bridgehead atoms. The highest BCUT2D eigenvalue weighted by Crippen LogP contribution is 2.31. The van der Waals surface area contributed by atoms with Crippen molar-refractivity contribution in [2.45, 2.75) is 0 Å². The van der Waals surface area contributed by atoms with Gasteiger partial charge in [-0.25, -0.2) is 23.1 Å². The summed E-state index contributed by atoms with van der Waals surface area (Å²) in [5.74, 6) is 1.11. The van der Waals surface area contributed by atoms with E-state index < -0.39 is 10.0 Å². The average molecular weight is 338 g/mol. The molecule has 9 heteroatoms. The third-order valence-corrected chi connectivity index (χ3v) is 4.47. The Bertz CT molecular complexity index is 872. The first kappa shape index (κ1) is 14.9. The summed E-state index contributed by atoms with van der Waals surface area (Å²) in [4.78, 5) is 8.88. The topological polar surface area (TPSA) is 97.1 Å². The maximum absolute atomic E-state index is 11.0. The molecule has 116 valence electrons. The van der Waals surface area contributed by atoms with Crippen LogP contribution in [-0.2, 0) is 10.0 Å². The number of nitrogens with zero attached hydrogens (tertiary/aromatic N) is 2. The van der Waals surface area contributed by atoms with E-state index in [1.807, 2.05) is 17.5 Å². The van der Waals surface area contributed by atoms with Gasteiger partial charge in [0.1, 0.15) is 5.69 Å². The van der Waals surface area contributed by atoms with Crippen molar-refractivity contribution >= 4 is 37.5 Å². The van der Waals surface area contributed by atoms with Crippen molar-refractivity contribution in [3.63, 3.8) is 0 Å². The molecule has 0 unspecified atom stereocenters. The number of furan rings is 1. The van der Waals surface area contributed by atoms with Crippen molar-refractivity contribution in [2.24, 2.45) is 0 Å². The number of hydrogen-bond acceptors (Lipinski definition) is 7. The second-order valence-electron chi connectivity index (χ2n) is 4.60. The van der Waals surface area contributed by atoms with Gasteiger partial charge in [0.2, 0.25) is 16.0 Å². The van der Waals surface area contributed by atoms with Gasteiger partial charge in [0.05, 0.1) is 22.7 Å². The highest BCUT2D eigenvalue weighted by Gasteiger charge is 2.13. The maximum Gasteiger partial charge on any atom is 0.224 e. The fraction of sp³-hybridized carbons (Fsp3) is 0.231. The molecule has 0 saturated carbocycles. The lowest BCUT2D eigenvalue weighted by atomic mass is 10.3. The molecule has 0 aliphatic rings. The van der Waals surface area contributed by atoms with Gasteiger partial charge in [-0.1, -0.05) is 0 Å². The van der Waals surface area contributed by atoms with E-state index in [2.05, 4.69) is 20.0 Å². The van der Waals surface area contributed by atoms with E-state index in [4.69, 9.17) is 4.42 Å². The van der Waals surface area contributed by atoms with E-state index in [-0.39, 0.29) is 6.54 Å². The zero-order valence-electron chi connectivity index (χ0n) is 11.7. The first-order chi connectivity index (χ1) is 10.5. The van der Waals surface area contributed by atoms with Crippen LogP contribution in [0, 0.1) is 0 Å². The minimum Gasteiger partial charge on any atom is -0.463 e. The Hall–Kier alpha value is -1.97. The molecule has 0 aliphatic heterocycles. The summed E-state index contributed by atoms with van der Waals surface area (Å²) >= 11 is 1.55. The molecule has 3 heterocycles. The lowest BCUT2D eigenvalue weighted by Gasteiger charge is -2.07. The van der Waals surface area contributed by atoms with Crippen LogP contribution in [0.25, 0.3) is 21.7 Å². The fourth-order valence-electron chi connectivity index (χ4n) is 1.93. The van der Waals surface area contributed by atoms with Crippen molar-refractivity contribution < 1.29 is 12.8 Å². The smallest absolute Gasteiger partial charge is 0.224 e. The number of nitrogens with one attached hydrogen (secondary N) is 2. The normalized spacial score (nSPS) is 11.9. The molecule has 3 aromatic heterocycles. The Morgan fingerprint density at radius 1 is 1.27 bits per heavy atom. The molecule has 0 amide bonds. The van der Waals surface area contributed by atoms with E-state index in [0.717, 1.165) is 22.2 Å². The number of sulfonamides is 1. The summed E-state index contributed by atoms with van der Waals surface area (Å²) in [5, 5.41) is 4.96. The Morgan fingerprint density at radius 2 is 2.14 bits per heavy atom. The van der Waals surface area contributed by atoms with E-state index in [0.29, 0.717) is 18.3 Å². The first-order valence-corrected chi connectivity index (χ1v) is 9.28. The van der Waals surface area contributed by atoms with Crippen LogP contribution < -0.4 is 10.0 Å². The van der Waals surface area contributed by atoms with Crippen LogP contribution in [0.4, 0.5) is 5.95 Å². The lowest BCUT2D eigenvalue weighted by Crippen LogP contribution is -2.28. The second-order valence-corrected chi connectivity index (χ2v) is 7.35. The standard InChI is InChI=1S/C13H14N4O3S2/c1-22(18,19)15-6-5-14-13-16-9-4-8-21-12(9)11(17-13)10-3-2-7-20-10/h2-4,7-8,15H,5-6H2,1H3,(H,14,16,17). The number of fused-ring (bicyclic) bond motifs is 1. The minimum absolute atomic E-state index is 0.264. The molecule has 0 atom stereocenters. The van der Waals surface area contributed by atoms with Gasteiger partial charge < -0.3 is 9.73 Å². The summed E-state index contributed by atoms with van der Waals surface area (Å²) in [6.45, 7) is 0.653. The highest BCUT2D eigenvalue weighted by molar-refractivity contribution is 7.88. The molecule has 0 aromatic carbocycles. The van der Waals surface area contributed by atoms with Crippen molar-refractivity contribution in [1.29, 1.82) is 0 Å². The van der Waals surface area contributed by atoms with Crippen LogP contribution >= 0.6 is 11.3 Å². The van der Waals surface area contributed by atoms with Gasteiger partial charge in [-0.3, -0.25) is 0 Å². The van der Waals surface area contributed by atoms with Gasteiger partial charge in [0, 0.05) is 13.1 Å². The summed E-state index contributed by atoms with van der Waals surface area (Å²) in [6.07, 6.45) is 2.72. The fourth-order valence-corrected chi connectivity index (χ4v) is 3.23. The number of aromatic nitrogens is 2. The molecule has 2 N–H and O–H groups in total. The van der Waals surface area contributed by atoms with Gasteiger partial charge in [-0.15, -0.1) is 11.3 Å². The molecule has 0 fully saturated rings. The predicted molar refractivity (Wildman–Crippen MR) is 86.5 cm³/mol. The lowest BCUT2D eigenvalue weighted by molar-refractivity contribution is 0.581. The van der Waals surface area contributed by atoms with Gasteiger partial charge in [0.25, 0.3) is 0 Å². The van der Waals surface area contributed by atoms with E-state index in [1.165, 1.54) is 0 Å². The molecule has 0 aliphatic carbocycles.